The number of aliphatic hydroxyl groups is 1. The maximum Gasteiger partial charge on any atom is 0.363 e. The molecule has 0 bridgehead atoms. The predicted octanol–water partition coefficient (Wildman–Crippen LogP) is 1.48. The van der Waals surface area contributed by atoms with E-state index in [1.807, 2.05) is 0 Å². The summed E-state index contributed by atoms with van der Waals surface area (Å²) in [5.41, 5.74) is -1.45. The zero-order chi connectivity index (χ0) is 13.9. The normalized spacial score (nSPS) is 46.1. The average Bonchev–Trinajstić information content (AvgIpc) is 2.24. The second-order valence-electron chi connectivity index (χ2n) is 4.94. The van der Waals surface area contributed by atoms with Gasteiger partial charge in [0.1, 0.15) is 0 Å². The van der Waals surface area contributed by atoms with Crippen molar-refractivity contribution in [2.75, 3.05) is 7.11 Å². The molecule has 3 N–H and O–H groups in total. The van der Waals surface area contributed by atoms with Crippen molar-refractivity contribution in [2.24, 2.45) is 5.41 Å². The van der Waals surface area contributed by atoms with Crippen LogP contribution in [0.2, 0.25) is 0 Å². The van der Waals surface area contributed by atoms with Crippen LogP contribution in [0.5, 0.6) is 0 Å². The van der Waals surface area contributed by atoms with Crippen LogP contribution in [0, 0.1) is 5.41 Å². The molecule has 0 saturated carbocycles. The van der Waals surface area contributed by atoms with Gasteiger partial charge in [0, 0.05) is 12.5 Å². The SMILES string of the molecule is COP1(=O)OC(C)(P(=O)(O)O)C(C)(C)C1(C)O. The van der Waals surface area contributed by atoms with Crippen LogP contribution in [-0.2, 0) is 18.2 Å². The third-order valence-electron chi connectivity index (χ3n) is 3.97. The molecule has 1 saturated heterocycles. The molecule has 3 atom stereocenters. The topological polar surface area (TPSA) is 113 Å². The van der Waals surface area contributed by atoms with E-state index in [1.165, 1.54) is 20.8 Å². The highest BCUT2D eigenvalue weighted by Crippen LogP contribution is 2.81. The van der Waals surface area contributed by atoms with E-state index in [2.05, 4.69) is 4.52 Å². The Labute approximate surface area is 99.8 Å². The number of rotatable bonds is 2. The van der Waals surface area contributed by atoms with Gasteiger partial charge in [-0.05, 0) is 13.8 Å². The highest BCUT2D eigenvalue weighted by molar-refractivity contribution is 7.59. The van der Waals surface area contributed by atoms with Crippen LogP contribution in [0.25, 0.3) is 0 Å². The molecule has 9 heteroatoms. The Morgan fingerprint density at radius 3 is 1.82 bits per heavy atom. The lowest BCUT2D eigenvalue weighted by molar-refractivity contribution is -0.0270. The van der Waals surface area contributed by atoms with E-state index in [0.717, 1.165) is 14.0 Å². The van der Waals surface area contributed by atoms with E-state index >= 15 is 0 Å². The molecule has 0 spiro atoms. The molecule has 1 aliphatic rings. The van der Waals surface area contributed by atoms with Gasteiger partial charge < -0.3 is 19.4 Å². The van der Waals surface area contributed by atoms with Crippen molar-refractivity contribution in [3.05, 3.63) is 0 Å². The second-order valence-corrected chi connectivity index (χ2v) is 9.30. The minimum absolute atomic E-state index is 1.07. The molecule has 0 aliphatic carbocycles. The van der Waals surface area contributed by atoms with E-state index < -0.39 is 31.3 Å². The van der Waals surface area contributed by atoms with Gasteiger partial charge in [0.2, 0.25) is 0 Å². The predicted molar refractivity (Wildman–Crippen MR) is 60.6 cm³/mol. The summed E-state index contributed by atoms with van der Waals surface area (Å²) in [7, 11) is -7.72. The fourth-order valence-corrected chi connectivity index (χ4v) is 5.84. The van der Waals surface area contributed by atoms with Crippen LogP contribution in [-0.4, -0.2) is 32.7 Å². The van der Waals surface area contributed by atoms with Gasteiger partial charge in [-0.1, -0.05) is 13.8 Å². The molecule has 7 nitrogen and oxygen atoms in total. The van der Waals surface area contributed by atoms with Crippen LogP contribution in [0.3, 0.4) is 0 Å². The lowest BCUT2D eigenvalue weighted by Crippen LogP contribution is -2.48. The minimum atomic E-state index is -4.75. The molecular formula is C8H18O7P2. The molecule has 1 rings (SSSR count). The molecule has 1 fully saturated rings. The van der Waals surface area contributed by atoms with E-state index in [9.17, 15) is 24.0 Å². The van der Waals surface area contributed by atoms with Gasteiger partial charge in [-0.2, -0.15) is 0 Å². The van der Waals surface area contributed by atoms with Crippen molar-refractivity contribution in [3.63, 3.8) is 0 Å². The monoisotopic (exact) mass is 288 g/mol. The Morgan fingerprint density at radius 2 is 1.65 bits per heavy atom. The first kappa shape index (κ1) is 15.3. The molecule has 3 unspecified atom stereocenters. The van der Waals surface area contributed by atoms with Gasteiger partial charge in [-0.25, -0.2) is 0 Å². The maximum absolute atomic E-state index is 12.3. The summed E-state index contributed by atoms with van der Waals surface area (Å²) in [6.07, 6.45) is 0. The van der Waals surface area contributed by atoms with Gasteiger partial charge in [-0.15, -0.1) is 0 Å². The highest BCUT2D eigenvalue weighted by atomic mass is 31.2. The molecule has 0 aromatic carbocycles. The average molecular weight is 288 g/mol. The first-order valence-electron chi connectivity index (χ1n) is 4.91. The summed E-state index contributed by atoms with van der Waals surface area (Å²) < 4.78 is 33.5. The van der Waals surface area contributed by atoms with Gasteiger partial charge >= 0.3 is 15.2 Å². The van der Waals surface area contributed by atoms with Crippen molar-refractivity contribution in [2.45, 2.75) is 38.4 Å². The van der Waals surface area contributed by atoms with E-state index in [-0.39, 0.29) is 0 Å². The molecule has 102 valence electrons. The van der Waals surface area contributed by atoms with E-state index in [4.69, 9.17) is 4.52 Å². The van der Waals surface area contributed by atoms with Crippen LogP contribution >= 0.6 is 15.2 Å². The van der Waals surface area contributed by atoms with Gasteiger partial charge in [-0.3, -0.25) is 13.7 Å². The van der Waals surface area contributed by atoms with Gasteiger partial charge in [0.05, 0.1) is 0 Å². The Balaban J connectivity index is 3.55. The third-order valence-corrected chi connectivity index (χ3v) is 8.59. The van der Waals surface area contributed by atoms with Crippen molar-refractivity contribution in [3.8, 4) is 0 Å². The number of hydrogen-bond donors (Lipinski definition) is 3. The zero-order valence-corrected chi connectivity index (χ0v) is 12.2. The summed E-state index contributed by atoms with van der Waals surface area (Å²) in [5, 5.41) is 6.21. The Kier molecular flexibility index (Phi) is 3.28. The molecule has 1 aliphatic heterocycles. The van der Waals surface area contributed by atoms with Crippen LogP contribution in [0.1, 0.15) is 27.7 Å². The van der Waals surface area contributed by atoms with Crippen LogP contribution < -0.4 is 0 Å². The van der Waals surface area contributed by atoms with Gasteiger partial charge in [0.15, 0.2) is 10.7 Å². The Bertz CT molecular complexity index is 424. The summed E-state index contributed by atoms with van der Waals surface area (Å²) >= 11 is 0. The van der Waals surface area contributed by atoms with Crippen LogP contribution in [0.4, 0.5) is 0 Å². The molecule has 0 radical (unpaired) electrons. The van der Waals surface area contributed by atoms with Crippen LogP contribution in [0.15, 0.2) is 0 Å². The molecule has 1 heterocycles. The summed E-state index contributed by atoms with van der Waals surface area (Å²) in [6, 6.07) is 0. The van der Waals surface area contributed by atoms with Crippen molar-refractivity contribution in [1.82, 2.24) is 0 Å². The molecule has 0 aromatic heterocycles. The van der Waals surface area contributed by atoms with Gasteiger partial charge in [0.25, 0.3) is 0 Å². The summed E-state index contributed by atoms with van der Waals surface area (Å²) in [5.74, 6) is 0. The molecular weight excluding hydrogens is 270 g/mol. The van der Waals surface area contributed by atoms with Crippen molar-refractivity contribution < 1.29 is 33.1 Å². The first-order valence-corrected chi connectivity index (χ1v) is 8.07. The van der Waals surface area contributed by atoms with Crippen molar-refractivity contribution in [1.29, 1.82) is 0 Å². The maximum atomic E-state index is 12.3. The quantitative estimate of drug-likeness (QED) is 0.659. The summed E-state index contributed by atoms with van der Waals surface area (Å²) in [4.78, 5) is 18.7. The molecule has 0 amide bonds. The van der Waals surface area contributed by atoms with E-state index in [1.54, 1.807) is 0 Å². The fourth-order valence-electron chi connectivity index (χ4n) is 1.85. The third kappa shape index (κ3) is 1.61. The standard InChI is InChI=1S/C8H18O7P2/c1-6(2)7(3,9)17(13,14-5)15-8(6,4)16(10,11)12/h9H,1-5H3,(H2,10,11,12). The van der Waals surface area contributed by atoms with Crippen molar-refractivity contribution >= 4 is 15.2 Å². The molecule has 0 aromatic rings. The highest BCUT2D eigenvalue weighted by Gasteiger charge is 2.76. The smallest absolute Gasteiger partial charge is 0.363 e. The first-order chi connectivity index (χ1) is 7.27. The second kappa shape index (κ2) is 3.64. The lowest BCUT2D eigenvalue weighted by Gasteiger charge is -2.40. The Hall–Kier alpha value is 0.260. The Morgan fingerprint density at radius 1 is 1.24 bits per heavy atom. The van der Waals surface area contributed by atoms with E-state index in [0.29, 0.717) is 0 Å². The minimum Gasteiger partial charge on any atom is -0.377 e. The summed E-state index contributed by atoms with van der Waals surface area (Å²) in [6.45, 7) is 5.08. The lowest BCUT2D eigenvalue weighted by atomic mass is 9.81. The fraction of sp³-hybridized carbons (Fsp3) is 1.00. The molecule has 17 heavy (non-hydrogen) atoms. The largest absolute Gasteiger partial charge is 0.377 e. The number of hydrogen-bond acceptors (Lipinski definition) is 5. The zero-order valence-electron chi connectivity index (χ0n) is 10.4.